The minimum Gasteiger partial charge on any atom is -0.396 e. The van der Waals surface area contributed by atoms with Crippen LogP contribution in [0.5, 0.6) is 0 Å². The van der Waals surface area contributed by atoms with Gasteiger partial charge in [0.2, 0.25) is 0 Å². The molecule has 4 N–H and O–H groups in total. The molecule has 6 nitrogen and oxygen atoms in total. The molecule has 0 radical (unpaired) electrons. The standard InChI is InChI=1S/C23H29N5O.HI/c1-2-24-23(27-16-20(17-29)18-8-4-3-5-9-18)26-15-14-25-22-13-12-19-10-6-7-11-21(19)28-22;/h3-13,20,29H,2,14-17H2,1H3,(H,25,28)(H2,24,26,27);1H. The zero-order chi connectivity index (χ0) is 20.3. The van der Waals surface area contributed by atoms with E-state index >= 15 is 0 Å². The first-order chi connectivity index (χ1) is 14.3. The van der Waals surface area contributed by atoms with Crippen molar-refractivity contribution in [1.29, 1.82) is 0 Å². The van der Waals surface area contributed by atoms with Crippen LogP contribution in [0.15, 0.2) is 71.7 Å². The molecule has 0 saturated carbocycles. The summed E-state index contributed by atoms with van der Waals surface area (Å²) < 4.78 is 0. The van der Waals surface area contributed by atoms with Gasteiger partial charge >= 0.3 is 0 Å². The molecule has 0 fully saturated rings. The van der Waals surface area contributed by atoms with Crippen LogP contribution in [0.1, 0.15) is 18.4 Å². The molecule has 3 aromatic rings. The van der Waals surface area contributed by atoms with Crippen LogP contribution in [-0.4, -0.2) is 48.8 Å². The van der Waals surface area contributed by atoms with E-state index in [-0.39, 0.29) is 36.5 Å². The Morgan fingerprint density at radius 1 is 0.967 bits per heavy atom. The van der Waals surface area contributed by atoms with Crippen LogP contribution in [0.2, 0.25) is 0 Å². The number of benzene rings is 2. The van der Waals surface area contributed by atoms with E-state index < -0.39 is 0 Å². The highest BCUT2D eigenvalue weighted by Crippen LogP contribution is 2.15. The Morgan fingerprint density at radius 2 is 1.73 bits per heavy atom. The molecule has 7 heteroatoms. The van der Waals surface area contributed by atoms with Crippen molar-refractivity contribution in [2.24, 2.45) is 4.99 Å². The predicted octanol–water partition coefficient (Wildman–Crippen LogP) is 3.60. The van der Waals surface area contributed by atoms with Crippen LogP contribution < -0.4 is 16.0 Å². The Bertz CT molecular complexity index is 920. The number of guanidine groups is 1. The summed E-state index contributed by atoms with van der Waals surface area (Å²) in [6.45, 7) is 4.83. The first-order valence-corrected chi connectivity index (χ1v) is 10.1. The SMILES string of the molecule is CCNC(=NCC(CO)c1ccccc1)NCCNc1ccc2ccccc2n1.I. The molecule has 160 valence electrons. The highest BCUT2D eigenvalue weighted by atomic mass is 127. The number of aliphatic imine (C=N–C) groups is 1. The Labute approximate surface area is 195 Å². The Hall–Kier alpha value is -2.39. The van der Waals surface area contributed by atoms with Gasteiger partial charge in [0.05, 0.1) is 18.7 Å². The van der Waals surface area contributed by atoms with Gasteiger partial charge < -0.3 is 21.1 Å². The maximum Gasteiger partial charge on any atom is 0.191 e. The summed E-state index contributed by atoms with van der Waals surface area (Å²) in [6.07, 6.45) is 0. The van der Waals surface area contributed by atoms with Crippen molar-refractivity contribution in [3.63, 3.8) is 0 Å². The van der Waals surface area contributed by atoms with E-state index in [2.05, 4.69) is 38.1 Å². The molecule has 1 atom stereocenters. The summed E-state index contributed by atoms with van der Waals surface area (Å²) in [5, 5.41) is 20.8. The number of hydrogen-bond donors (Lipinski definition) is 4. The molecule has 0 amide bonds. The predicted molar refractivity (Wildman–Crippen MR) is 136 cm³/mol. The lowest BCUT2D eigenvalue weighted by Crippen LogP contribution is -2.40. The molecule has 2 aromatic carbocycles. The molecule has 3 rings (SSSR count). The summed E-state index contributed by atoms with van der Waals surface area (Å²) in [5.74, 6) is 1.60. The van der Waals surface area contributed by atoms with E-state index in [1.54, 1.807) is 0 Å². The van der Waals surface area contributed by atoms with Gasteiger partial charge in [-0.1, -0.05) is 48.5 Å². The number of aromatic nitrogens is 1. The molecule has 1 unspecified atom stereocenters. The third-order valence-electron chi connectivity index (χ3n) is 4.63. The fourth-order valence-corrected chi connectivity index (χ4v) is 3.07. The molecule has 0 bridgehead atoms. The number of pyridine rings is 1. The highest BCUT2D eigenvalue weighted by Gasteiger charge is 2.09. The fourth-order valence-electron chi connectivity index (χ4n) is 3.07. The first kappa shape index (κ1) is 23.9. The molecular formula is C23H30IN5O. The number of aliphatic hydroxyl groups is 1. The number of hydrogen-bond acceptors (Lipinski definition) is 4. The van der Waals surface area contributed by atoms with Gasteiger partial charge in [0, 0.05) is 30.9 Å². The van der Waals surface area contributed by atoms with Crippen molar-refractivity contribution < 1.29 is 5.11 Å². The second-order valence-electron chi connectivity index (χ2n) is 6.75. The molecule has 1 aromatic heterocycles. The lowest BCUT2D eigenvalue weighted by molar-refractivity contribution is 0.268. The summed E-state index contributed by atoms with van der Waals surface area (Å²) >= 11 is 0. The van der Waals surface area contributed by atoms with Gasteiger partial charge in [-0.25, -0.2) is 4.98 Å². The first-order valence-electron chi connectivity index (χ1n) is 10.1. The third kappa shape index (κ3) is 7.14. The average Bonchev–Trinajstić information content (AvgIpc) is 2.77. The van der Waals surface area contributed by atoms with Gasteiger partial charge in [0.1, 0.15) is 5.82 Å². The summed E-state index contributed by atoms with van der Waals surface area (Å²) in [7, 11) is 0. The molecule has 0 aliphatic carbocycles. The Kier molecular flexibility index (Phi) is 10.4. The number of para-hydroxylation sites is 1. The summed E-state index contributed by atoms with van der Waals surface area (Å²) in [5.41, 5.74) is 2.08. The molecule has 1 heterocycles. The zero-order valence-electron chi connectivity index (χ0n) is 17.2. The second kappa shape index (κ2) is 13.0. The quantitative estimate of drug-likeness (QED) is 0.150. The van der Waals surface area contributed by atoms with Crippen LogP contribution >= 0.6 is 24.0 Å². The number of fused-ring (bicyclic) bond motifs is 1. The maximum absolute atomic E-state index is 9.71. The average molecular weight is 519 g/mol. The van der Waals surface area contributed by atoms with E-state index in [1.165, 1.54) is 0 Å². The van der Waals surface area contributed by atoms with Gasteiger partial charge in [0.25, 0.3) is 0 Å². The van der Waals surface area contributed by atoms with E-state index in [4.69, 9.17) is 0 Å². The van der Waals surface area contributed by atoms with E-state index in [1.807, 2.05) is 61.5 Å². The number of rotatable bonds is 9. The van der Waals surface area contributed by atoms with Gasteiger partial charge in [0.15, 0.2) is 5.96 Å². The lowest BCUT2D eigenvalue weighted by Gasteiger charge is -2.15. The zero-order valence-corrected chi connectivity index (χ0v) is 19.5. The number of aliphatic hydroxyl groups excluding tert-OH is 1. The molecule has 0 aliphatic rings. The number of nitrogens with one attached hydrogen (secondary N) is 3. The van der Waals surface area contributed by atoms with E-state index in [0.29, 0.717) is 13.1 Å². The molecule has 0 aliphatic heterocycles. The monoisotopic (exact) mass is 519 g/mol. The lowest BCUT2D eigenvalue weighted by atomic mass is 10.0. The Balaban J connectivity index is 0.00000320. The topological polar surface area (TPSA) is 81.6 Å². The van der Waals surface area contributed by atoms with Crippen molar-refractivity contribution in [1.82, 2.24) is 15.6 Å². The molecule has 0 spiro atoms. The number of halogens is 1. The van der Waals surface area contributed by atoms with Crippen LogP contribution in [-0.2, 0) is 0 Å². The minimum atomic E-state index is -0.00780. The van der Waals surface area contributed by atoms with E-state index in [0.717, 1.165) is 41.3 Å². The smallest absolute Gasteiger partial charge is 0.191 e. The van der Waals surface area contributed by atoms with Crippen molar-refractivity contribution in [3.8, 4) is 0 Å². The number of anilines is 1. The molecule has 0 saturated heterocycles. The third-order valence-corrected chi connectivity index (χ3v) is 4.63. The van der Waals surface area contributed by atoms with Gasteiger partial charge in [-0.15, -0.1) is 24.0 Å². The summed E-state index contributed by atoms with van der Waals surface area (Å²) in [6, 6.07) is 22.1. The van der Waals surface area contributed by atoms with Crippen LogP contribution in [0.3, 0.4) is 0 Å². The van der Waals surface area contributed by atoms with Crippen molar-refractivity contribution in [2.45, 2.75) is 12.8 Å². The largest absolute Gasteiger partial charge is 0.396 e. The van der Waals surface area contributed by atoms with E-state index in [9.17, 15) is 5.11 Å². The van der Waals surface area contributed by atoms with Gasteiger partial charge in [-0.3, -0.25) is 4.99 Å². The maximum atomic E-state index is 9.71. The highest BCUT2D eigenvalue weighted by molar-refractivity contribution is 14.0. The van der Waals surface area contributed by atoms with Crippen LogP contribution in [0, 0.1) is 0 Å². The van der Waals surface area contributed by atoms with Crippen LogP contribution in [0.4, 0.5) is 5.82 Å². The Morgan fingerprint density at radius 3 is 2.50 bits per heavy atom. The summed E-state index contributed by atoms with van der Waals surface area (Å²) in [4.78, 5) is 9.26. The van der Waals surface area contributed by atoms with Gasteiger partial charge in [-0.05, 0) is 30.7 Å². The van der Waals surface area contributed by atoms with Crippen molar-refractivity contribution in [2.75, 3.05) is 38.1 Å². The van der Waals surface area contributed by atoms with Crippen molar-refractivity contribution in [3.05, 3.63) is 72.3 Å². The molecule has 30 heavy (non-hydrogen) atoms. The molecular weight excluding hydrogens is 489 g/mol. The van der Waals surface area contributed by atoms with Crippen molar-refractivity contribution >= 4 is 46.7 Å². The minimum absolute atomic E-state index is 0. The fraction of sp³-hybridized carbons (Fsp3) is 0.304. The second-order valence-corrected chi connectivity index (χ2v) is 6.75. The number of nitrogens with zero attached hydrogens (tertiary/aromatic N) is 2. The van der Waals surface area contributed by atoms with Gasteiger partial charge in [-0.2, -0.15) is 0 Å². The van der Waals surface area contributed by atoms with Crippen LogP contribution in [0.25, 0.3) is 10.9 Å². The normalized spacial score (nSPS) is 12.1.